The molecular formula is C17H15ClFN3O3S2. The van der Waals surface area contributed by atoms with E-state index in [0.717, 1.165) is 5.56 Å². The molecule has 0 aliphatic carbocycles. The van der Waals surface area contributed by atoms with Crippen LogP contribution in [0.2, 0.25) is 5.02 Å². The van der Waals surface area contributed by atoms with Crippen LogP contribution in [0.5, 0.6) is 0 Å². The molecule has 1 unspecified atom stereocenters. The molecule has 142 valence electrons. The average molecular weight is 428 g/mol. The van der Waals surface area contributed by atoms with Crippen molar-refractivity contribution in [2.75, 3.05) is 0 Å². The Kier molecular flexibility index (Phi) is 6.15. The summed E-state index contributed by atoms with van der Waals surface area (Å²) in [5.74, 6) is 0.368. The first kappa shape index (κ1) is 19.8. The Balaban J connectivity index is 1.63. The van der Waals surface area contributed by atoms with Crippen LogP contribution in [0, 0.1) is 5.82 Å². The van der Waals surface area contributed by atoms with Crippen molar-refractivity contribution in [1.29, 1.82) is 0 Å². The molecule has 0 radical (unpaired) electrons. The van der Waals surface area contributed by atoms with Gasteiger partial charge in [-0.2, -0.15) is 4.72 Å². The van der Waals surface area contributed by atoms with Crippen LogP contribution in [-0.4, -0.2) is 18.6 Å². The molecule has 0 saturated carbocycles. The molecule has 2 aromatic carbocycles. The van der Waals surface area contributed by atoms with E-state index in [1.807, 2.05) is 0 Å². The molecular weight excluding hydrogens is 413 g/mol. The highest BCUT2D eigenvalue weighted by molar-refractivity contribution is 7.98. The van der Waals surface area contributed by atoms with E-state index < -0.39 is 16.1 Å². The van der Waals surface area contributed by atoms with Crippen LogP contribution >= 0.6 is 23.4 Å². The van der Waals surface area contributed by atoms with Gasteiger partial charge in [0.15, 0.2) is 0 Å². The maximum atomic E-state index is 12.9. The fourth-order valence-corrected chi connectivity index (χ4v) is 4.19. The summed E-state index contributed by atoms with van der Waals surface area (Å²) in [5.41, 5.74) is 0.901. The quantitative estimate of drug-likeness (QED) is 0.569. The molecule has 10 heteroatoms. The fourth-order valence-electron chi connectivity index (χ4n) is 2.14. The van der Waals surface area contributed by atoms with Gasteiger partial charge in [0.1, 0.15) is 5.82 Å². The van der Waals surface area contributed by atoms with E-state index in [0.29, 0.717) is 16.0 Å². The van der Waals surface area contributed by atoms with Crippen molar-refractivity contribution in [3.63, 3.8) is 0 Å². The van der Waals surface area contributed by atoms with Crippen LogP contribution in [0.15, 0.2) is 63.1 Å². The minimum Gasteiger partial charge on any atom is -0.414 e. The summed E-state index contributed by atoms with van der Waals surface area (Å²) in [5, 5.41) is 8.54. The number of nitrogens with one attached hydrogen (secondary N) is 1. The zero-order chi connectivity index (χ0) is 19.4. The third-order valence-corrected chi connectivity index (χ3v) is 6.22. The van der Waals surface area contributed by atoms with Gasteiger partial charge in [-0.25, -0.2) is 12.8 Å². The Morgan fingerprint density at radius 1 is 1.15 bits per heavy atom. The van der Waals surface area contributed by atoms with Gasteiger partial charge in [0, 0.05) is 10.8 Å². The van der Waals surface area contributed by atoms with Gasteiger partial charge in [0.2, 0.25) is 15.9 Å². The van der Waals surface area contributed by atoms with E-state index >= 15 is 0 Å². The number of benzene rings is 2. The molecule has 27 heavy (non-hydrogen) atoms. The Morgan fingerprint density at radius 3 is 2.48 bits per heavy atom. The minimum absolute atomic E-state index is 0.0872. The lowest BCUT2D eigenvalue weighted by molar-refractivity contribution is 0.384. The Hall–Kier alpha value is -1.94. The molecule has 0 fully saturated rings. The van der Waals surface area contributed by atoms with Gasteiger partial charge in [-0.05, 0) is 48.9 Å². The SMILES string of the molecule is CC(NS(=O)(=O)c1ccc(Cl)cc1)c1nnc(SCc2ccc(F)cc2)o1. The van der Waals surface area contributed by atoms with Crippen molar-refractivity contribution < 1.29 is 17.2 Å². The van der Waals surface area contributed by atoms with Crippen LogP contribution in [0.25, 0.3) is 0 Å². The molecule has 3 aromatic rings. The maximum Gasteiger partial charge on any atom is 0.276 e. The number of halogens is 2. The molecule has 0 aliphatic rings. The van der Waals surface area contributed by atoms with E-state index in [9.17, 15) is 12.8 Å². The molecule has 6 nitrogen and oxygen atoms in total. The van der Waals surface area contributed by atoms with Crippen molar-refractivity contribution >= 4 is 33.4 Å². The number of sulfonamides is 1. The predicted octanol–water partition coefficient (Wildman–Crippen LogP) is 4.19. The largest absolute Gasteiger partial charge is 0.414 e. The Labute approximate surface area is 165 Å². The minimum atomic E-state index is -3.75. The standard InChI is InChI=1S/C17H15ClFN3O3S2/c1-11(22-27(23,24)15-8-4-13(18)5-9-15)16-20-21-17(25-16)26-10-12-2-6-14(19)7-3-12/h2-9,11,22H,10H2,1H3. The van der Waals surface area contributed by atoms with Gasteiger partial charge in [-0.3, -0.25) is 0 Å². The maximum absolute atomic E-state index is 12.9. The van der Waals surface area contributed by atoms with Gasteiger partial charge in [-0.15, -0.1) is 10.2 Å². The molecule has 1 aromatic heterocycles. The lowest BCUT2D eigenvalue weighted by atomic mass is 10.2. The van der Waals surface area contributed by atoms with Crippen molar-refractivity contribution in [2.45, 2.75) is 28.8 Å². The van der Waals surface area contributed by atoms with Gasteiger partial charge < -0.3 is 4.42 Å². The average Bonchev–Trinajstić information content (AvgIpc) is 3.10. The lowest BCUT2D eigenvalue weighted by Crippen LogP contribution is -2.27. The first-order chi connectivity index (χ1) is 12.8. The first-order valence-corrected chi connectivity index (χ1v) is 10.7. The second kappa shape index (κ2) is 8.39. The van der Waals surface area contributed by atoms with Crippen LogP contribution in [0.1, 0.15) is 24.4 Å². The highest BCUT2D eigenvalue weighted by atomic mass is 35.5. The summed E-state index contributed by atoms with van der Waals surface area (Å²) in [6.07, 6.45) is 0. The van der Waals surface area contributed by atoms with E-state index in [4.69, 9.17) is 16.0 Å². The van der Waals surface area contributed by atoms with E-state index in [2.05, 4.69) is 14.9 Å². The van der Waals surface area contributed by atoms with Crippen LogP contribution in [0.3, 0.4) is 0 Å². The van der Waals surface area contributed by atoms with Crippen LogP contribution in [0.4, 0.5) is 4.39 Å². The third kappa shape index (κ3) is 5.29. The molecule has 0 amide bonds. The topological polar surface area (TPSA) is 85.1 Å². The zero-order valence-electron chi connectivity index (χ0n) is 14.1. The smallest absolute Gasteiger partial charge is 0.276 e. The molecule has 1 heterocycles. The van der Waals surface area contributed by atoms with Crippen molar-refractivity contribution in [3.05, 3.63) is 70.8 Å². The normalized spacial score (nSPS) is 12.9. The molecule has 0 spiro atoms. The van der Waals surface area contributed by atoms with Crippen molar-refractivity contribution in [3.8, 4) is 0 Å². The molecule has 0 aliphatic heterocycles. The summed E-state index contributed by atoms with van der Waals surface area (Å²) in [6, 6.07) is 11.2. The third-order valence-electron chi connectivity index (χ3n) is 3.52. The highest BCUT2D eigenvalue weighted by Gasteiger charge is 2.22. The van der Waals surface area contributed by atoms with Gasteiger partial charge >= 0.3 is 0 Å². The fraction of sp³-hybridized carbons (Fsp3) is 0.176. The van der Waals surface area contributed by atoms with E-state index in [1.54, 1.807) is 19.1 Å². The summed E-state index contributed by atoms with van der Waals surface area (Å²) in [6.45, 7) is 1.61. The first-order valence-electron chi connectivity index (χ1n) is 7.82. The second-order valence-electron chi connectivity index (χ2n) is 5.62. The zero-order valence-corrected chi connectivity index (χ0v) is 16.5. The number of thioether (sulfide) groups is 1. The number of nitrogens with zero attached hydrogens (tertiary/aromatic N) is 2. The van der Waals surface area contributed by atoms with Crippen LogP contribution in [-0.2, 0) is 15.8 Å². The van der Waals surface area contributed by atoms with Gasteiger partial charge in [0.25, 0.3) is 5.22 Å². The lowest BCUT2D eigenvalue weighted by Gasteiger charge is -2.10. The van der Waals surface area contributed by atoms with Gasteiger partial charge in [-0.1, -0.05) is 35.5 Å². The summed E-state index contributed by atoms with van der Waals surface area (Å²) in [4.78, 5) is 0.0872. The van der Waals surface area contributed by atoms with Crippen molar-refractivity contribution in [1.82, 2.24) is 14.9 Å². The van der Waals surface area contributed by atoms with E-state index in [1.165, 1.54) is 48.2 Å². The molecule has 0 bridgehead atoms. The highest BCUT2D eigenvalue weighted by Crippen LogP contribution is 2.24. The summed E-state index contributed by atoms with van der Waals surface area (Å²) < 4.78 is 45.7. The van der Waals surface area contributed by atoms with E-state index in [-0.39, 0.29) is 16.6 Å². The van der Waals surface area contributed by atoms with Gasteiger partial charge in [0.05, 0.1) is 10.9 Å². The second-order valence-corrected chi connectivity index (χ2v) is 8.70. The molecule has 3 rings (SSSR count). The molecule has 1 N–H and O–H groups in total. The Bertz CT molecular complexity index is 1010. The molecule has 1 atom stereocenters. The number of rotatable bonds is 7. The monoisotopic (exact) mass is 427 g/mol. The number of aromatic nitrogens is 2. The Morgan fingerprint density at radius 2 is 1.81 bits per heavy atom. The predicted molar refractivity (Wildman–Crippen MR) is 100 cm³/mol. The number of hydrogen-bond acceptors (Lipinski definition) is 6. The van der Waals surface area contributed by atoms with Crippen molar-refractivity contribution in [2.24, 2.45) is 0 Å². The molecule has 0 saturated heterocycles. The summed E-state index contributed by atoms with van der Waals surface area (Å²) in [7, 11) is -3.75. The number of hydrogen-bond donors (Lipinski definition) is 1. The van der Waals surface area contributed by atoms with Crippen LogP contribution < -0.4 is 4.72 Å². The summed E-state index contributed by atoms with van der Waals surface area (Å²) >= 11 is 7.06.